The summed E-state index contributed by atoms with van der Waals surface area (Å²) in [5.74, 6) is -1.11. The number of rotatable bonds is 1. The van der Waals surface area contributed by atoms with E-state index >= 15 is 0 Å². The van der Waals surface area contributed by atoms with E-state index in [4.69, 9.17) is 0 Å². The predicted octanol–water partition coefficient (Wildman–Crippen LogP) is 1.76. The average molecular weight is 235 g/mol. The molecule has 2 aromatic rings. The Morgan fingerprint density at radius 2 is 2.06 bits per heavy atom. The molecule has 0 saturated heterocycles. The van der Waals surface area contributed by atoms with E-state index in [2.05, 4.69) is 9.72 Å². The number of hydrogen-bond acceptors (Lipinski definition) is 3. The number of carbonyl (C=O) groups is 1. The second-order valence-corrected chi connectivity index (χ2v) is 3.68. The minimum Gasteiger partial charge on any atom is -0.464 e. The molecule has 0 fully saturated rings. The summed E-state index contributed by atoms with van der Waals surface area (Å²) >= 11 is 0. The molecule has 4 nitrogen and oxygen atoms in total. The number of hydrogen-bond donors (Lipinski definition) is 1. The standard InChI is InChI=1S/C12H10FNO3/c1-6-3-7(13)4-8-10(15)5-9(12(16)17-2)14-11(6)8/h3-5H,1-2H3,(H,14,15). The molecule has 88 valence electrons. The van der Waals surface area contributed by atoms with Crippen LogP contribution in [-0.2, 0) is 4.74 Å². The minimum atomic E-state index is -0.632. The first-order chi connectivity index (χ1) is 8.02. The highest BCUT2D eigenvalue weighted by Gasteiger charge is 2.11. The van der Waals surface area contributed by atoms with Crippen LogP contribution >= 0.6 is 0 Å². The van der Waals surface area contributed by atoms with Crippen molar-refractivity contribution in [1.29, 1.82) is 0 Å². The number of aromatic amines is 1. The van der Waals surface area contributed by atoms with Gasteiger partial charge in [0.25, 0.3) is 0 Å². The van der Waals surface area contributed by atoms with Crippen LogP contribution in [0.4, 0.5) is 4.39 Å². The van der Waals surface area contributed by atoms with Crippen LogP contribution in [0.15, 0.2) is 23.0 Å². The van der Waals surface area contributed by atoms with Gasteiger partial charge in [-0.1, -0.05) is 0 Å². The van der Waals surface area contributed by atoms with Crippen LogP contribution in [0.3, 0.4) is 0 Å². The normalized spacial score (nSPS) is 10.5. The molecule has 0 spiro atoms. The Kier molecular flexibility index (Phi) is 2.67. The first-order valence-corrected chi connectivity index (χ1v) is 4.94. The van der Waals surface area contributed by atoms with Crippen LogP contribution in [0.5, 0.6) is 0 Å². The van der Waals surface area contributed by atoms with E-state index in [9.17, 15) is 14.0 Å². The molecular formula is C12H10FNO3. The van der Waals surface area contributed by atoms with Crippen LogP contribution in [0.2, 0.25) is 0 Å². The Bertz CT molecular complexity index is 661. The number of H-pyrrole nitrogens is 1. The van der Waals surface area contributed by atoms with Crippen LogP contribution in [-0.4, -0.2) is 18.1 Å². The van der Waals surface area contributed by atoms with Crippen molar-refractivity contribution in [3.63, 3.8) is 0 Å². The number of benzene rings is 1. The van der Waals surface area contributed by atoms with Crippen molar-refractivity contribution < 1.29 is 13.9 Å². The lowest BCUT2D eigenvalue weighted by atomic mass is 10.1. The van der Waals surface area contributed by atoms with Crippen molar-refractivity contribution in [2.75, 3.05) is 7.11 Å². The molecule has 0 aliphatic carbocycles. The molecular weight excluding hydrogens is 225 g/mol. The van der Waals surface area contributed by atoms with Crippen LogP contribution in [0.1, 0.15) is 16.1 Å². The quantitative estimate of drug-likeness (QED) is 0.766. The smallest absolute Gasteiger partial charge is 0.354 e. The molecule has 0 unspecified atom stereocenters. The molecule has 2 rings (SSSR count). The number of pyridine rings is 1. The van der Waals surface area contributed by atoms with Gasteiger partial charge in [0, 0.05) is 11.5 Å². The highest BCUT2D eigenvalue weighted by molar-refractivity contribution is 5.91. The van der Waals surface area contributed by atoms with Crippen molar-refractivity contribution in [1.82, 2.24) is 4.98 Å². The molecule has 0 amide bonds. The summed E-state index contributed by atoms with van der Waals surface area (Å²) in [6.45, 7) is 1.66. The Hall–Kier alpha value is -2.17. The van der Waals surface area contributed by atoms with E-state index in [-0.39, 0.29) is 11.1 Å². The van der Waals surface area contributed by atoms with E-state index < -0.39 is 17.2 Å². The monoisotopic (exact) mass is 235 g/mol. The van der Waals surface area contributed by atoms with E-state index in [1.807, 2.05) is 0 Å². The number of aryl methyl sites for hydroxylation is 1. The van der Waals surface area contributed by atoms with Crippen molar-refractivity contribution in [2.24, 2.45) is 0 Å². The Morgan fingerprint density at radius 1 is 1.35 bits per heavy atom. The van der Waals surface area contributed by atoms with Gasteiger partial charge in [-0.3, -0.25) is 4.79 Å². The van der Waals surface area contributed by atoms with E-state index in [0.29, 0.717) is 11.1 Å². The van der Waals surface area contributed by atoms with Gasteiger partial charge in [-0.15, -0.1) is 0 Å². The summed E-state index contributed by atoms with van der Waals surface area (Å²) in [7, 11) is 1.22. The number of aromatic nitrogens is 1. The molecule has 0 radical (unpaired) electrons. The Morgan fingerprint density at radius 3 is 2.71 bits per heavy atom. The van der Waals surface area contributed by atoms with Gasteiger partial charge in [0.05, 0.1) is 12.6 Å². The van der Waals surface area contributed by atoms with Crippen molar-refractivity contribution >= 4 is 16.9 Å². The fraction of sp³-hybridized carbons (Fsp3) is 0.167. The third-order valence-corrected chi connectivity index (χ3v) is 2.51. The van der Waals surface area contributed by atoms with Gasteiger partial charge in [-0.25, -0.2) is 9.18 Å². The maximum atomic E-state index is 13.2. The fourth-order valence-electron chi connectivity index (χ4n) is 1.70. The van der Waals surface area contributed by atoms with Gasteiger partial charge in [-0.2, -0.15) is 0 Å². The average Bonchev–Trinajstić information content (AvgIpc) is 2.29. The van der Waals surface area contributed by atoms with E-state index in [1.165, 1.54) is 13.2 Å². The van der Waals surface area contributed by atoms with Crippen LogP contribution in [0, 0.1) is 12.7 Å². The topological polar surface area (TPSA) is 59.2 Å². The SMILES string of the molecule is COC(=O)c1cc(=O)c2cc(F)cc(C)c2[nH]1. The molecule has 0 bridgehead atoms. The lowest BCUT2D eigenvalue weighted by molar-refractivity contribution is 0.0594. The number of esters is 1. The minimum absolute atomic E-state index is 0.0553. The van der Waals surface area contributed by atoms with Gasteiger partial charge in [0.2, 0.25) is 0 Å². The maximum Gasteiger partial charge on any atom is 0.354 e. The molecule has 17 heavy (non-hydrogen) atoms. The summed E-state index contributed by atoms with van der Waals surface area (Å²) in [5.41, 5.74) is 0.642. The molecule has 1 N–H and O–H groups in total. The highest BCUT2D eigenvalue weighted by Crippen LogP contribution is 2.15. The van der Waals surface area contributed by atoms with Gasteiger partial charge < -0.3 is 9.72 Å². The van der Waals surface area contributed by atoms with Crippen LogP contribution < -0.4 is 5.43 Å². The Labute approximate surface area is 96.0 Å². The van der Waals surface area contributed by atoms with E-state index in [1.54, 1.807) is 6.92 Å². The molecule has 1 aromatic carbocycles. The molecule has 0 saturated carbocycles. The van der Waals surface area contributed by atoms with Gasteiger partial charge in [-0.05, 0) is 24.6 Å². The Balaban J connectivity index is 2.82. The van der Waals surface area contributed by atoms with E-state index in [0.717, 1.165) is 12.1 Å². The van der Waals surface area contributed by atoms with Crippen LogP contribution in [0.25, 0.3) is 10.9 Å². The number of halogens is 1. The second-order valence-electron chi connectivity index (χ2n) is 3.68. The van der Waals surface area contributed by atoms with Gasteiger partial charge in [0.15, 0.2) is 5.43 Å². The highest BCUT2D eigenvalue weighted by atomic mass is 19.1. The number of nitrogens with one attached hydrogen (secondary N) is 1. The largest absolute Gasteiger partial charge is 0.464 e. The van der Waals surface area contributed by atoms with Crippen molar-refractivity contribution in [3.05, 3.63) is 45.5 Å². The van der Waals surface area contributed by atoms with Gasteiger partial charge >= 0.3 is 5.97 Å². The zero-order valence-electron chi connectivity index (χ0n) is 9.33. The summed E-state index contributed by atoms with van der Waals surface area (Å²) in [5, 5.41) is 0.218. The molecule has 0 aliphatic heterocycles. The first kappa shape index (κ1) is 11.3. The zero-order valence-corrected chi connectivity index (χ0v) is 9.33. The lowest BCUT2D eigenvalue weighted by Gasteiger charge is -2.05. The predicted molar refractivity (Wildman–Crippen MR) is 60.6 cm³/mol. The number of carbonyl (C=O) groups excluding carboxylic acids is 1. The van der Waals surface area contributed by atoms with Crippen molar-refractivity contribution in [3.8, 4) is 0 Å². The number of ether oxygens (including phenoxy) is 1. The summed E-state index contributed by atoms with van der Waals surface area (Å²) in [4.78, 5) is 25.8. The molecule has 5 heteroatoms. The fourth-order valence-corrected chi connectivity index (χ4v) is 1.70. The zero-order chi connectivity index (χ0) is 12.6. The number of fused-ring (bicyclic) bond motifs is 1. The molecule has 1 heterocycles. The van der Waals surface area contributed by atoms with Gasteiger partial charge in [0.1, 0.15) is 11.5 Å². The third-order valence-electron chi connectivity index (χ3n) is 2.51. The maximum absolute atomic E-state index is 13.2. The third kappa shape index (κ3) is 1.91. The summed E-state index contributed by atoms with van der Waals surface area (Å²) in [6.07, 6.45) is 0. The first-order valence-electron chi connectivity index (χ1n) is 4.94. The summed E-state index contributed by atoms with van der Waals surface area (Å²) in [6, 6.07) is 3.54. The van der Waals surface area contributed by atoms with Crippen molar-refractivity contribution in [2.45, 2.75) is 6.92 Å². The molecule has 0 aliphatic rings. The molecule has 0 atom stereocenters. The summed E-state index contributed by atoms with van der Waals surface area (Å²) < 4.78 is 17.7. The molecule has 1 aromatic heterocycles. The lowest BCUT2D eigenvalue weighted by Crippen LogP contribution is -2.12. The number of methoxy groups -OCH3 is 1. The second kappa shape index (κ2) is 4.01.